The molecule has 0 unspecified atom stereocenters. The Morgan fingerprint density at radius 3 is 2.42 bits per heavy atom. The molecule has 6 heteroatoms. The summed E-state index contributed by atoms with van der Waals surface area (Å²) in [5.74, 6) is -1.01. The third-order valence-corrected chi connectivity index (χ3v) is 2.58. The summed E-state index contributed by atoms with van der Waals surface area (Å²) in [6, 6.07) is 6.66. The van der Waals surface area contributed by atoms with Crippen LogP contribution in [0.15, 0.2) is 42.6 Å². The van der Waals surface area contributed by atoms with Crippen molar-refractivity contribution >= 4 is 0 Å². The Morgan fingerprint density at radius 2 is 1.84 bits per heavy atom. The molecular formula is C13H9F4NO. The zero-order chi connectivity index (χ0) is 14.0. The van der Waals surface area contributed by atoms with Crippen molar-refractivity contribution in [3.8, 4) is 0 Å². The number of halogens is 4. The molecule has 0 saturated carbocycles. The van der Waals surface area contributed by atoms with Gasteiger partial charge in [0, 0.05) is 6.20 Å². The van der Waals surface area contributed by atoms with Crippen molar-refractivity contribution < 1.29 is 22.7 Å². The molecule has 0 radical (unpaired) electrons. The molecule has 0 aliphatic heterocycles. The number of aliphatic hydroxyl groups is 1. The molecular weight excluding hydrogens is 262 g/mol. The van der Waals surface area contributed by atoms with Gasteiger partial charge in [-0.1, -0.05) is 12.1 Å². The molecule has 1 aromatic heterocycles. The number of nitrogens with zero attached hydrogens (tertiary/aromatic N) is 1. The topological polar surface area (TPSA) is 33.1 Å². The van der Waals surface area contributed by atoms with Crippen LogP contribution in [0.5, 0.6) is 0 Å². The van der Waals surface area contributed by atoms with Gasteiger partial charge in [-0.2, -0.15) is 13.2 Å². The first kappa shape index (κ1) is 13.5. The monoisotopic (exact) mass is 271 g/mol. The lowest BCUT2D eigenvalue weighted by Gasteiger charge is -2.17. The van der Waals surface area contributed by atoms with Gasteiger partial charge in [-0.15, -0.1) is 0 Å². The third kappa shape index (κ3) is 2.90. The lowest BCUT2D eigenvalue weighted by molar-refractivity contribution is -0.139. The minimum absolute atomic E-state index is 0.0691. The van der Waals surface area contributed by atoms with Crippen molar-refractivity contribution in [1.82, 2.24) is 4.98 Å². The van der Waals surface area contributed by atoms with Crippen LogP contribution in [-0.2, 0) is 6.18 Å². The van der Waals surface area contributed by atoms with Crippen molar-refractivity contribution in [2.45, 2.75) is 12.3 Å². The zero-order valence-corrected chi connectivity index (χ0v) is 9.53. The highest BCUT2D eigenvalue weighted by Crippen LogP contribution is 2.36. The van der Waals surface area contributed by atoms with Crippen LogP contribution in [0.2, 0.25) is 0 Å². The summed E-state index contributed by atoms with van der Waals surface area (Å²) in [5, 5.41) is 9.94. The maximum absolute atomic E-state index is 12.9. The predicted molar refractivity (Wildman–Crippen MR) is 59.7 cm³/mol. The molecule has 0 aliphatic rings. The number of aromatic nitrogens is 1. The molecule has 19 heavy (non-hydrogen) atoms. The van der Waals surface area contributed by atoms with Crippen LogP contribution >= 0.6 is 0 Å². The Bertz CT molecular complexity index is 569. The van der Waals surface area contributed by atoms with E-state index in [9.17, 15) is 22.7 Å². The zero-order valence-electron chi connectivity index (χ0n) is 9.53. The van der Waals surface area contributed by atoms with Gasteiger partial charge in [0.1, 0.15) is 11.9 Å². The normalized spacial score (nSPS) is 13.3. The minimum atomic E-state index is -4.74. The Labute approximate surface area is 106 Å². The van der Waals surface area contributed by atoms with Gasteiger partial charge < -0.3 is 5.11 Å². The fraction of sp³-hybridized carbons (Fsp3) is 0.154. The SMILES string of the molecule is O[C@@H](c1ccccn1)c1ccc(F)cc1C(F)(F)F. The summed E-state index contributed by atoms with van der Waals surface area (Å²) < 4.78 is 51.4. The maximum atomic E-state index is 12.9. The summed E-state index contributed by atoms with van der Waals surface area (Å²) in [5.41, 5.74) is -1.56. The van der Waals surface area contributed by atoms with Crippen molar-refractivity contribution in [2.75, 3.05) is 0 Å². The highest BCUT2D eigenvalue weighted by Gasteiger charge is 2.35. The Kier molecular flexibility index (Phi) is 3.53. The number of hydrogen-bond acceptors (Lipinski definition) is 2. The highest BCUT2D eigenvalue weighted by atomic mass is 19.4. The van der Waals surface area contributed by atoms with Gasteiger partial charge in [-0.25, -0.2) is 4.39 Å². The van der Waals surface area contributed by atoms with Gasteiger partial charge >= 0.3 is 6.18 Å². The minimum Gasteiger partial charge on any atom is -0.382 e. The second-order valence-electron chi connectivity index (χ2n) is 3.89. The van der Waals surface area contributed by atoms with Crippen LogP contribution < -0.4 is 0 Å². The fourth-order valence-corrected chi connectivity index (χ4v) is 1.71. The molecule has 0 bridgehead atoms. The number of pyridine rings is 1. The van der Waals surface area contributed by atoms with E-state index in [-0.39, 0.29) is 5.69 Å². The largest absolute Gasteiger partial charge is 0.416 e. The second kappa shape index (κ2) is 4.97. The molecule has 1 aromatic carbocycles. The van der Waals surface area contributed by atoms with E-state index in [1.54, 1.807) is 12.1 Å². The Balaban J connectivity index is 2.51. The van der Waals surface area contributed by atoms with Gasteiger partial charge in [-0.05, 0) is 29.8 Å². The fourth-order valence-electron chi connectivity index (χ4n) is 1.71. The molecule has 0 spiro atoms. The van der Waals surface area contributed by atoms with Crippen LogP contribution in [0.25, 0.3) is 0 Å². The number of benzene rings is 1. The average molecular weight is 271 g/mol. The van der Waals surface area contributed by atoms with Crippen LogP contribution in [0, 0.1) is 5.82 Å². The van der Waals surface area contributed by atoms with Crippen LogP contribution in [0.3, 0.4) is 0 Å². The summed E-state index contributed by atoms with van der Waals surface area (Å²) >= 11 is 0. The lowest BCUT2D eigenvalue weighted by Crippen LogP contribution is -2.14. The van der Waals surface area contributed by atoms with E-state index in [0.717, 1.165) is 12.1 Å². The van der Waals surface area contributed by atoms with E-state index < -0.39 is 29.2 Å². The maximum Gasteiger partial charge on any atom is 0.416 e. The summed E-state index contributed by atoms with van der Waals surface area (Å²) in [7, 11) is 0. The van der Waals surface area contributed by atoms with Gasteiger partial charge in [-0.3, -0.25) is 4.98 Å². The Hall–Kier alpha value is -1.95. The van der Waals surface area contributed by atoms with Crippen molar-refractivity contribution in [1.29, 1.82) is 0 Å². The molecule has 2 rings (SSSR count). The molecule has 0 saturated heterocycles. The second-order valence-corrected chi connectivity index (χ2v) is 3.89. The number of aliphatic hydroxyl groups excluding tert-OH is 1. The van der Waals surface area contributed by atoms with Crippen molar-refractivity contribution in [2.24, 2.45) is 0 Å². The summed E-state index contributed by atoms with van der Waals surface area (Å²) in [4.78, 5) is 3.79. The molecule has 100 valence electrons. The third-order valence-electron chi connectivity index (χ3n) is 2.58. The van der Waals surface area contributed by atoms with Gasteiger partial charge in [0.05, 0.1) is 11.3 Å². The number of alkyl halides is 3. The predicted octanol–water partition coefficient (Wildman–Crippen LogP) is 3.32. The first-order chi connectivity index (χ1) is 8.89. The van der Waals surface area contributed by atoms with E-state index >= 15 is 0 Å². The molecule has 1 atom stereocenters. The Morgan fingerprint density at radius 1 is 1.11 bits per heavy atom. The van der Waals surface area contributed by atoms with Crippen molar-refractivity contribution in [3.63, 3.8) is 0 Å². The van der Waals surface area contributed by atoms with Gasteiger partial charge in [0.2, 0.25) is 0 Å². The van der Waals surface area contributed by atoms with Gasteiger partial charge in [0.25, 0.3) is 0 Å². The molecule has 0 fully saturated rings. The average Bonchev–Trinajstić information content (AvgIpc) is 2.38. The van der Waals surface area contributed by atoms with Crippen LogP contribution in [0.1, 0.15) is 22.9 Å². The van der Waals surface area contributed by atoms with Crippen LogP contribution in [0.4, 0.5) is 17.6 Å². The smallest absolute Gasteiger partial charge is 0.382 e. The van der Waals surface area contributed by atoms with E-state index in [1.165, 1.54) is 12.3 Å². The lowest BCUT2D eigenvalue weighted by atomic mass is 9.99. The number of rotatable bonds is 2. The molecule has 0 amide bonds. The first-order valence-electron chi connectivity index (χ1n) is 5.35. The molecule has 2 aromatic rings. The van der Waals surface area contributed by atoms with Crippen LogP contribution in [-0.4, -0.2) is 10.1 Å². The van der Waals surface area contributed by atoms with E-state index in [0.29, 0.717) is 6.07 Å². The quantitative estimate of drug-likeness (QED) is 0.850. The standard InChI is InChI=1S/C13H9F4NO/c14-8-4-5-9(10(7-8)13(15,16)17)12(19)11-3-1-2-6-18-11/h1-7,12,19H/t12-/m1/s1. The molecule has 1 N–H and O–H groups in total. The number of hydrogen-bond donors (Lipinski definition) is 1. The van der Waals surface area contributed by atoms with Gasteiger partial charge in [0.15, 0.2) is 0 Å². The van der Waals surface area contributed by atoms with E-state index in [2.05, 4.69) is 4.98 Å². The molecule has 0 aliphatic carbocycles. The summed E-state index contributed by atoms with van der Waals surface area (Å²) in [6.45, 7) is 0. The summed E-state index contributed by atoms with van der Waals surface area (Å²) in [6.07, 6.45) is -4.94. The molecule has 2 nitrogen and oxygen atoms in total. The first-order valence-corrected chi connectivity index (χ1v) is 5.35. The van der Waals surface area contributed by atoms with Crippen molar-refractivity contribution in [3.05, 3.63) is 65.2 Å². The highest BCUT2D eigenvalue weighted by molar-refractivity contribution is 5.36. The molecule has 1 heterocycles. The van der Waals surface area contributed by atoms with E-state index in [1.807, 2.05) is 0 Å². The van der Waals surface area contributed by atoms with E-state index in [4.69, 9.17) is 0 Å².